The number of benzene rings is 1. The van der Waals surface area contributed by atoms with Crippen LogP contribution >= 0.6 is 11.8 Å². The standard InChI is InChI=1S/C16H26N4O2S/c1-20(2)15(21)13-19-16(18-10-12-23-3)17-9-11-22-14-7-5-4-6-8-14/h4-8H,9-13H2,1-3H3,(H2,17,18,19). The summed E-state index contributed by atoms with van der Waals surface area (Å²) in [5, 5.41) is 6.38. The lowest BCUT2D eigenvalue weighted by Crippen LogP contribution is -2.41. The molecule has 1 rings (SSSR count). The van der Waals surface area contributed by atoms with Gasteiger partial charge in [0.15, 0.2) is 5.96 Å². The summed E-state index contributed by atoms with van der Waals surface area (Å²) in [6.07, 6.45) is 2.05. The minimum absolute atomic E-state index is 0.0310. The molecule has 1 aromatic rings. The Morgan fingerprint density at radius 1 is 1.22 bits per heavy atom. The molecule has 0 aromatic heterocycles. The fourth-order valence-corrected chi connectivity index (χ4v) is 1.90. The van der Waals surface area contributed by atoms with Gasteiger partial charge in [-0.15, -0.1) is 0 Å². The van der Waals surface area contributed by atoms with Crippen molar-refractivity contribution in [2.24, 2.45) is 4.99 Å². The molecule has 0 aliphatic carbocycles. The fourth-order valence-electron chi connectivity index (χ4n) is 1.59. The van der Waals surface area contributed by atoms with E-state index in [0.29, 0.717) is 19.1 Å². The second-order valence-corrected chi connectivity index (χ2v) is 5.95. The first kappa shape index (κ1) is 19.2. The average Bonchev–Trinajstić information content (AvgIpc) is 2.56. The topological polar surface area (TPSA) is 66.0 Å². The predicted molar refractivity (Wildman–Crippen MR) is 97.3 cm³/mol. The second-order valence-electron chi connectivity index (χ2n) is 4.96. The monoisotopic (exact) mass is 338 g/mol. The van der Waals surface area contributed by atoms with E-state index in [9.17, 15) is 4.79 Å². The molecule has 2 N–H and O–H groups in total. The van der Waals surface area contributed by atoms with E-state index in [-0.39, 0.29) is 12.5 Å². The van der Waals surface area contributed by atoms with Crippen LogP contribution < -0.4 is 15.4 Å². The Morgan fingerprint density at radius 3 is 2.57 bits per heavy atom. The van der Waals surface area contributed by atoms with Crippen molar-refractivity contribution in [3.8, 4) is 5.75 Å². The normalized spacial score (nSPS) is 11.0. The number of carbonyl (C=O) groups excluding carboxylic acids is 1. The predicted octanol–water partition coefficient (Wildman–Crippen LogP) is 1.05. The van der Waals surface area contributed by atoms with E-state index in [1.807, 2.05) is 30.3 Å². The van der Waals surface area contributed by atoms with Crippen molar-refractivity contribution in [1.29, 1.82) is 0 Å². The smallest absolute Gasteiger partial charge is 0.243 e. The number of guanidine groups is 1. The third-order valence-electron chi connectivity index (χ3n) is 2.88. The van der Waals surface area contributed by atoms with E-state index >= 15 is 0 Å². The maximum Gasteiger partial charge on any atom is 0.243 e. The Balaban J connectivity index is 2.38. The molecule has 1 amide bonds. The third-order valence-corrected chi connectivity index (χ3v) is 3.49. The number of nitrogens with zero attached hydrogens (tertiary/aromatic N) is 2. The van der Waals surface area contributed by atoms with Crippen molar-refractivity contribution in [3.05, 3.63) is 30.3 Å². The Bertz CT molecular complexity index is 480. The van der Waals surface area contributed by atoms with Gasteiger partial charge >= 0.3 is 0 Å². The van der Waals surface area contributed by atoms with Crippen LogP contribution in [0, 0.1) is 0 Å². The minimum atomic E-state index is -0.0310. The van der Waals surface area contributed by atoms with Crippen molar-refractivity contribution in [2.45, 2.75) is 0 Å². The van der Waals surface area contributed by atoms with Crippen LogP contribution in [0.4, 0.5) is 0 Å². The Hall–Kier alpha value is -1.89. The number of thioether (sulfide) groups is 1. The summed E-state index contributed by atoms with van der Waals surface area (Å²) >= 11 is 1.75. The van der Waals surface area contributed by atoms with Crippen LogP contribution in [-0.2, 0) is 4.79 Å². The van der Waals surface area contributed by atoms with E-state index < -0.39 is 0 Å². The molecule has 0 unspecified atom stereocenters. The van der Waals surface area contributed by atoms with Crippen LogP contribution in [0.3, 0.4) is 0 Å². The summed E-state index contributed by atoms with van der Waals surface area (Å²) in [5.74, 6) is 2.41. The summed E-state index contributed by atoms with van der Waals surface area (Å²) in [6, 6.07) is 9.66. The zero-order chi connectivity index (χ0) is 16.9. The number of para-hydroxylation sites is 1. The Labute approximate surface area is 142 Å². The minimum Gasteiger partial charge on any atom is -0.492 e. The van der Waals surface area contributed by atoms with Crippen molar-refractivity contribution in [2.75, 3.05) is 52.3 Å². The molecule has 0 heterocycles. The van der Waals surface area contributed by atoms with Gasteiger partial charge in [-0.3, -0.25) is 4.79 Å². The van der Waals surface area contributed by atoms with E-state index in [1.165, 1.54) is 4.90 Å². The molecule has 0 bridgehead atoms. The van der Waals surface area contributed by atoms with E-state index in [4.69, 9.17) is 4.74 Å². The molecule has 0 spiro atoms. The quantitative estimate of drug-likeness (QED) is 0.400. The molecular formula is C16H26N4O2S. The lowest BCUT2D eigenvalue weighted by Gasteiger charge is -2.14. The summed E-state index contributed by atoms with van der Waals surface area (Å²) < 4.78 is 5.62. The van der Waals surface area contributed by atoms with E-state index in [0.717, 1.165) is 18.0 Å². The van der Waals surface area contributed by atoms with Crippen LogP contribution in [-0.4, -0.2) is 69.1 Å². The van der Waals surface area contributed by atoms with Crippen molar-refractivity contribution in [3.63, 3.8) is 0 Å². The van der Waals surface area contributed by atoms with Crippen molar-refractivity contribution >= 4 is 23.6 Å². The zero-order valence-electron chi connectivity index (χ0n) is 14.0. The highest BCUT2D eigenvalue weighted by Crippen LogP contribution is 2.07. The Morgan fingerprint density at radius 2 is 1.91 bits per heavy atom. The van der Waals surface area contributed by atoms with Gasteiger partial charge in [-0.2, -0.15) is 11.8 Å². The Kier molecular flexibility index (Phi) is 9.70. The molecule has 7 heteroatoms. The third kappa shape index (κ3) is 8.97. The number of rotatable bonds is 9. The van der Waals surface area contributed by atoms with Gasteiger partial charge in [0.1, 0.15) is 18.9 Å². The molecule has 0 aliphatic rings. The zero-order valence-corrected chi connectivity index (χ0v) is 14.9. The summed E-state index contributed by atoms with van der Waals surface area (Å²) in [5.41, 5.74) is 0. The first-order valence-electron chi connectivity index (χ1n) is 7.52. The molecule has 0 fully saturated rings. The molecule has 6 nitrogen and oxygen atoms in total. The number of hydrogen-bond donors (Lipinski definition) is 2. The molecule has 0 saturated heterocycles. The molecule has 0 saturated carbocycles. The van der Waals surface area contributed by atoms with Crippen LogP contribution in [0.5, 0.6) is 5.75 Å². The molecule has 1 aromatic carbocycles. The van der Waals surface area contributed by atoms with Gasteiger partial charge in [-0.1, -0.05) is 18.2 Å². The van der Waals surface area contributed by atoms with Gasteiger partial charge in [-0.05, 0) is 18.4 Å². The molecule has 128 valence electrons. The summed E-state index contributed by atoms with van der Waals surface area (Å²) in [4.78, 5) is 17.5. The van der Waals surface area contributed by atoms with Crippen molar-refractivity contribution in [1.82, 2.24) is 15.5 Å². The van der Waals surface area contributed by atoms with Gasteiger partial charge in [0.05, 0.1) is 6.54 Å². The lowest BCUT2D eigenvalue weighted by atomic mass is 10.3. The molecule has 23 heavy (non-hydrogen) atoms. The number of amides is 1. The lowest BCUT2D eigenvalue weighted by molar-refractivity contribution is -0.127. The van der Waals surface area contributed by atoms with E-state index in [2.05, 4.69) is 21.9 Å². The first-order chi connectivity index (χ1) is 11.1. The maximum atomic E-state index is 11.6. The molecule has 0 atom stereocenters. The molecule has 0 radical (unpaired) electrons. The number of likely N-dealkylation sites (N-methyl/N-ethyl adjacent to an activating group) is 1. The van der Waals surface area contributed by atoms with Crippen molar-refractivity contribution < 1.29 is 9.53 Å². The SMILES string of the molecule is CSCCNC(=NCC(=O)N(C)C)NCCOc1ccccc1. The largest absolute Gasteiger partial charge is 0.492 e. The first-order valence-corrected chi connectivity index (χ1v) is 8.92. The molecule has 0 aliphatic heterocycles. The highest BCUT2D eigenvalue weighted by molar-refractivity contribution is 7.98. The maximum absolute atomic E-state index is 11.6. The van der Waals surface area contributed by atoms with Gasteiger partial charge in [0.2, 0.25) is 5.91 Å². The highest BCUT2D eigenvalue weighted by Gasteiger charge is 2.04. The van der Waals surface area contributed by atoms with Crippen LogP contribution in [0.25, 0.3) is 0 Å². The van der Waals surface area contributed by atoms with Gasteiger partial charge in [-0.25, -0.2) is 4.99 Å². The van der Waals surface area contributed by atoms with Crippen LogP contribution in [0.1, 0.15) is 0 Å². The second kappa shape index (κ2) is 11.6. The van der Waals surface area contributed by atoms with E-state index in [1.54, 1.807) is 25.9 Å². The number of aliphatic imine (C=N–C) groups is 1. The number of hydrogen-bond acceptors (Lipinski definition) is 4. The fraction of sp³-hybridized carbons (Fsp3) is 0.500. The number of ether oxygens (including phenoxy) is 1. The van der Waals surface area contributed by atoms with Crippen LogP contribution in [0.15, 0.2) is 35.3 Å². The number of nitrogens with one attached hydrogen (secondary N) is 2. The van der Waals surface area contributed by atoms with Gasteiger partial charge in [0.25, 0.3) is 0 Å². The molecular weight excluding hydrogens is 312 g/mol. The van der Waals surface area contributed by atoms with Crippen LogP contribution in [0.2, 0.25) is 0 Å². The highest BCUT2D eigenvalue weighted by atomic mass is 32.2. The summed E-state index contributed by atoms with van der Waals surface area (Å²) in [7, 11) is 3.44. The average molecular weight is 338 g/mol. The summed E-state index contributed by atoms with van der Waals surface area (Å²) in [6.45, 7) is 2.05. The number of carbonyl (C=O) groups is 1. The van der Waals surface area contributed by atoms with Gasteiger partial charge in [0, 0.05) is 26.4 Å². The van der Waals surface area contributed by atoms with Gasteiger partial charge < -0.3 is 20.3 Å².